The lowest BCUT2D eigenvalue weighted by molar-refractivity contribution is -0.137. The summed E-state index contributed by atoms with van der Waals surface area (Å²) in [5.41, 5.74) is -3.57. The molecule has 0 rings (SSSR count). The predicted octanol–water partition coefficient (Wildman–Crippen LogP) is 3.70. The van der Waals surface area contributed by atoms with Crippen LogP contribution in [-0.4, -0.2) is 29.1 Å². The van der Waals surface area contributed by atoms with Gasteiger partial charge >= 0.3 is 18.3 Å². The van der Waals surface area contributed by atoms with Gasteiger partial charge in [0.05, 0.1) is 0 Å². The van der Waals surface area contributed by atoms with Gasteiger partial charge in [-0.3, -0.25) is 10.2 Å². The van der Waals surface area contributed by atoms with Gasteiger partial charge in [0.25, 0.3) is 0 Å². The molecule has 0 bridgehead atoms. The number of hydrogen-bond acceptors (Lipinski definition) is 2. The Bertz CT molecular complexity index is 369. The Morgan fingerprint density at radius 2 is 1.47 bits per heavy atom. The van der Waals surface area contributed by atoms with Crippen LogP contribution in [0.1, 0.15) is 25.7 Å². The fourth-order valence-corrected chi connectivity index (χ4v) is 1.14. The van der Waals surface area contributed by atoms with Crippen molar-refractivity contribution in [2.45, 2.75) is 38.0 Å². The van der Waals surface area contributed by atoms with Gasteiger partial charge in [-0.15, -0.1) is 0 Å². The van der Waals surface area contributed by atoms with E-state index in [1.165, 1.54) is 0 Å². The molecule has 0 radical (unpaired) electrons. The number of unbranched alkanes of at least 4 members (excludes halogenated alkanes) is 1. The largest absolute Gasteiger partial charge is 0.481 e. The molecule has 9 heteroatoms. The minimum atomic E-state index is -5.14. The highest BCUT2D eigenvalue weighted by atomic mass is 19.4. The van der Waals surface area contributed by atoms with Crippen molar-refractivity contribution in [3.05, 3.63) is 11.6 Å². The first-order chi connectivity index (χ1) is 8.44. The third kappa shape index (κ3) is 7.47. The smallest absolute Gasteiger partial charge is 0.432 e. The minimum absolute atomic E-state index is 0.0812. The van der Waals surface area contributed by atoms with Crippen molar-refractivity contribution < 1.29 is 36.2 Å². The molecule has 0 amide bonds. The van der Waals surface area contributed by atoms with E-state index in [4.69, 9.17) is 10.5 Å². The maximum atomic E-state index is 12.4. The number of rotatable bonds is 6. The molecular formula is C10H11F6NO2. The zero-order chi connectivity index (χ0) is 15.3. The number of carboxylic acid groups (broad SMARTS) is 1. The second kappa shape index (κ2) is 6.58. The summed E-state index contributed by atoms with van der Waals surface area (Å²) in [5.74, 6) is -1.19. The van der Waals surface area contributed by atoms with Gasteiger partial charge in [0, 0.05) is 12.0 Å². The summed E-state index contributed by atoms with van der Waals surface area (Å²) in [6, 6.07) is 0. The van der Waals surface area contributed by atoms with Crippen molar-refractivity contribution in [3.63, 3.8) is 0 Å². The first-order valence-corrected chi connectivity index (χ1v) is 5.10. The highest BCUT2D eigenvalue weighted by molar-refractivity contribution is 5.97. The van der Waals surface area contributed by atoms with Gasteiger partial charge in [-0.1, -0.05) is 0 Å². The molecule has 0 saturated heterocycles. The monoisotopic (exact) mass is 291 g/mol. The standard InChI is InChI=1S/C10H11F6NO2/c11-9(12,13)6(3-1-2-4-8(18)19)5-7(17)10(14,15)16/h5,17H,1-4H2,(H,18,19)/b6-5+,17-7?. The van der Waals surface area contributed by atoms with Crippen LogP contribution < -0.4 is 0 Å². The Labute approximate surface area is 104 Å². The van der Waals surface area contributed by atoms with Crippen LogP contribution in [0.4, 0.5) is 26.3 Å². The summed E-state index contributed by atoms with van der Waals surface area (Å²) in [6.45, 7) is 0. The molecule has 0 aromatic carbocycles. The Kier molecular flexibility index (Phi) is 6.04. The number of nitrogens with one attached hydrogen (secondary N) is 1. The zero-order valence-electron chi connectivity index (χ0n) is 9.53. The Hall–Kier alpha value is -1.54. The second-order valence-corrected chi connectivity index (χ2v) is 3.68. The molecule has 0 aliphatic heterocycles. The van der Waals surface area contributed by atoms with Crippen LogP contribution in [0, 0.1) is 5.41 Å². The molecule has 0 heterocycles. The Morgan fingerprint density at radius 3 is 1.84 bits per heavy atom. The number of allylic oxidation sites excluding steroid dienone is 2. The molecule has 2 N–H and O–H groups in total. The second-order valence-electron chi connectivity index (χ2n) is 3.68. The highest BCUT2D eigenvalue weighted by Gasteiger charge is 2.38. The molecule has 0 aliphatic rings. The number of carbonyl (C=O) groups is 1. The van der Waals surface area contributed by atoms with Crippen molar-refractivity contribution in [2.24, 2.45) is 0 Å². The first-order valence-electron chi connectivity index (χ1n) is 5.10. The summed E-state index contributed by atoms with van der Waals surface area (Å²) in [6.07, 6.45) is -11.8. The van der Waals surface area contributed by atoms with Gasteiger partial charge in [0.2, 0.25) is 0 Å². The van der Waals surface area contributed by atoms with Gasteiger partial charge in [-0.25, -0.2) is 0 Å². The molecule has 0 aliphatic carbocycles. The SMILES string of the molecule is N=C(/C=C(\CCCCC(=O)O)C(F)(F)F)C(F)(F)F. The summed E-state index contributed by atoms with van der Waals surface area (Å²) in [5, 5.41) is 14.8. The van der Waals surface area contributed by atoms with Crippen LogP contribution >= 0.6 is 0 Å². The number of aliphatic carboxylic acids is 1. The van der Waals surface area contributed by atoms with Crippen molar-refractivity contribution in [2.75, 3.05) is 0 Å². The lowest BCUT2D eigenvalue weighted by Crippen LogP contribution is -2.22. The van der Waals surface area contributed by atoms with E-state index in [1.54, 1.807) is 0 Å². The fraction of sp³-hybridized carbons (Fsp3) is 0.600. The zero-order valence-corrected chi connectivity index (χ0v) is 9.53. The first kappa shape index (κ1) is 17.5. The van der Waals surface area contributed by atoms with E-state index in [-0.39, 0.29) is 25.3 Å². The third-order valence-corrected chi connectivity index (χ3v) is 2.07. The molecule has 0 saturated carbocycles. The average molecular weight is 291 g/mol. The van der Waals surface area contributed by atoms with E-state index in [1.807, 2.05) is 0 Å². The van der Waals surface area contributed by atoms with E-state index in [2.05, 4.69) is 0 Å². The molecule has 3 nitrogen and oxygen atoms in total. The number of halogens is 6. The molecule has 0 aromatic heterocycles. The van der Waals surface area contributed by atoms with E-state index < -0.39 is 36.0 Å². The van der Waals surface area contributed by atoms with Crippen LogP contribution in [0.25, 0.3) is 0 Å². The minimum Gasteiger partial charge on any atom is -0.481 e. The lowest BCUT2D eigenvalue weighted by Gasteiger charge is -2.13. The number of carboxylic acids is 1. The molecule has 0 aromatic rings. The summed E-state index contributed by atoms with van der Waals surface area (Å²) >= 11 is 0. The Morgan fingerprint density at radius 1 is 1.00 bits per heavy atom. The summed E-state index contributed by atoms with van der Waals surface area (Å²) in [7, 11) is 0. The molecule has 0 atom stereocenters. The van der Waals surface area contributed by atoms with E-state index >= 15 is 0 Å². The summed E-state index contributed by atoms with van der Waals surface area (Å²) in [4.78, 5) is 10.1. The van der Waals surface area contributed by atoms with Crippen molar-refractivity contribution in [3.8, 4) is 0 Å². The number of alkyl halides is 6. The molecule has 0 fully saturated rings. The van der Waals surface area contributed by atoms with Crippen LogP contribution in [0.15, 0.2) is 11.6 Å². The van der Waals surface area contributed by atoms with E-state index in [9.17, 15) is 31.1 Å². The van der Waals surface area contributed by atoms with Crippen LogP contribution in [0.3, 0.4) is 0 Å². The quantitative estimate of drug-likeness (QED) is 0.445. The van der Waals surface area contributed by atoms with Gasteiger partial charge in [0.15, 0.2) is 0 Å². The van der Waals surface area contributed by atoms with Crippen LogP contribution in [0.2, 0.25) is 0 Å². The van der Waals surface area contributed by atoms with Crippen LogP contribution in [-0.2, 0) is 4.79 Å². The normalized spacial score (nSPS) is 13.5. The van der Waals surface area contributed by atoms with Crippen LogP contribution in [0.5, 0.6) is 0 Å². The molecule has 0 unspecified atom stereocenters. The number of hydrogen-bond donors (Lipinski definition) is 2. The van der Waals surface area contributed by atoms with Crippen molar-refractivity contribution in [1.29, 1.82) is 5.41 Å². The maximum absolute atomic E-state index is 12.4. The highest BCUT2D eigenvalue weighted by Crippen LogP contribution is 2.31. The molecule has 19 heavy (non-hydrogen) atoms. The van der Waals surface area contributed by atoms with Crippen molar-refractivity contribution in [1.82, 2.24) is 0 Å². The maximum Gasteiger partial charge on any atom is 0.432 e. The topological polar surface area (TPSA) is 61.2 Å². The van der Waals surface area contributed by atoms with Gasteiger partial charge in [0.1, 0.15) is 5.71 Å². The van der Waals surface area contributed by atoms with Crippen molar-refractivity contribution >= 4 is 11.7 Å². The fourth-order valence-electron chi connectivity index (χ4n) is 1.14. The Balaban J connectivity index is 4.71. The third-order valence-electron chi connectivity index (χ3n) is 2.07. The molecule has 110 valence electrons. The average Bonchev–Trinajstić information content (AvgIpc) is 2.18. The van der Waals surface area contributed by atoms with E-state index in [0.29, 0.717) is 0 Å². The summed E-state index contributed by atoms with van der Waals surface area (Å²) < 4.78 is 73.2. The molecular weight excluding hydrogens is 280 g/mol. The molecule has 0 spiro atoms. The van der Waals surface area contributed by atoms with E-state index in [0.717, 1.165) is 0 Å². The predicted molar refractivity (Wildman–Crippen MR) is 54.0 cm³/mol. The lowest BCUT2D eigenvalue weighted by atomic mass is 10.0. The van der Waals surface area contributed by atoms with Gasteiger partial charge in [-0.05, 0) is 25.3 Å². The van der Waals surface area contributed by atoms with Gasteiger partial charge in [-0.2, -0.15) is 26.3 Å². The van der Waals surface area contributed by atoms with Gasteiger partial charge < -0.3 is 5.11 Å².